The van der Waals surface area contributed by atoms with Crippen LogP contribution in [0.1, 0.15) is 27.6 Å². The summed E-state index contributed by atoms with van der Waals surface area (Å²) < 4.78 is 0. The Labute approximate surface area is 117 Å². The summed E-state index contributed by atoms with van der Waals surface area (Å²) in [6.07, 6.45) is 0. The zero-order chi connectivity index (χ0) is 14.5. The summed E-state index contributed by atoms with van der Waals surface area (Å²) in [5.41, 5.74) is 1.82. The van der Waals surface area contributed by atoms with Gasteiger partial charge in [-0.15, -0.1) is 0 Å². The van der Waals surface area contributed by atoms with Gasteiger partial charge in [0, 0.05) is 12.1 Å². The molecule has 2 aromatic carbocycles. The Balaban J connectivity index is 2.59. The number of hydrogen-bond acceptors (Lipinski definition) is 2. The molecule has 102 valence electrons. The highest BCUT2D eigenvalue weighted by Crippen LogP contribution is 2.27. The maximum atomic E-state index is 12.1. The topological polar surface area (TPSA) is 66.4 Å². The lowest BCUT2D eigenvalue weighted by molar-refractivity contribution is 0.0697. The van der Waals surface area contributed by atoms with Gasteiger partial charge in [-0.05, 0) is 30.2 Å². The quantitative estimate of drug-likeness (QED) is 0.897. The van der Waals surface area contributed by atoms with E-state index in [-0.39, 0.29) is 11.5 Å². The molecule has 2 aromatic rings. The second-order valence-electron chi connectivity index (χ2n) is 4.26. The number of benzene rings is 2. The van der Waals surface area contributed by atoms with Crippen molar-refractivity contribution in [2.75, 3.05) is 6.54 Å². The van der Waals surface area contributed by atoms with Crippen molar-refractivity contribution < 1.29 is 14.7 Å². The zero-order valence-electron chi connectivity index (χ0n) is 11.1. The van der Waals surface area contributed by atoms with Crippen LogP contribution in [0.5, 0.6) is 0 Å². The van der Waals surface area contributed by atoms with Crippen molar-refractivity contribution in [2.45, 2.75) is 6.92 Å². The molecule has 2 N–H and O–H groups in total. The molecular formula is C16H15NO3. The predicted octanol–water partition coefficient (Wildman–Crippen LogP) is 2.80. The Morgan fingerprint density at radius 3 is 2.00 bits per heavy atom. The lowest BCUT2D eigenvalue weighted by atomic mass is 9.95. The largest absolute Gasteiger partial charge is 0.478 e. The van der Waals surface area contributed by atoms with Crippen molar-refractivity contribution in [3.8, 4) is 11.1 Å². The van der Waals surface area contributed by atoms with E-state index in [4.69, 9.17) is 0 Å². The summed E-state index contributed by atoms with van der Waals surface area (Å²) in [5.74, 6) is -1.21. The number of amides is 1. The van der Waals surface area contributed by atoms with Crippen LogP contribution in [0.15, 0.2) is 48.5 Å². The van der Waals surface area contributed by atoms with Crippen LogP contribution in [0, 0.1) is 0 Å². The number of carboxylic acids is 1. The smallest absolute Gasteiger partial charge is 0.336 e. The van der Waals surface area contributed by atoms with Crippen LogP contribution >= 0.6 is 0 Å². The summed E-state index contributed by atoms with van der Waals surface area (Å²) in [6, 6.07) is 13.7. The van der Waals surface area contributed by atoms with E-state index in [2.05, 4.69) is 5.32 Å². The molecule has 0 spiro atoms. The van der Waals surface area contributed by atoms with E-state index in [1.165, 1.54) is 6.07 Å². The number of carbonyl (C=O) groups excluding carboxylic acids is 1. The van der Waals surface area contributed by atoms with E-state index in [0.29, 0.717) is 23.2 Å². The van der Waals surface area contributed by atoms with Gasteiger partial charge >= 0.3 is 5.97 Å². The van der Waals surface area contributed by atoms with E-state index in [0.717, 1.165) is 0 Å². The molecule has 0 unspecified atom stereocenters. The molecule has 0 atom stereocenters. The first kappa shape index (κ1) is 13.8. The summed E-state index contributed by atoms with van der Waals surface area (Å²) in [4.78, 5) is 23.4. The van der Waals surface area contributed by atoms with E-state index in [9.17, 15) is 14.7 Å². The number of aromatic carboxylic acids is 1. The molecular weight excluding hydrogens is 254 g/mol. The molecule has 0 aliphatic carbocycles. The molecule has 0 saturated heterocycles. The first-order chi connectivity index (χ1) is 9.65. The van der Waals surface area contributed by atoms with Crippen LogP contribution in [-0.2, 0) is 0 Å². The fraction of sp³-hybridized carbons (Fsp3) is 0.125. The maximum absolute atomic E-state index is 12.1. The summed E-state index contributed by atoms with van der Waals surface area (Å²) in [5, 5.41) is 12.0. The Hall–Kier alpha value is -2.62. The molecule has 0 saturated carbocycles. The van der Waals surface area contributed by atoms with Crippen molar-refractivity contribution in [2.24, 2.45) is 0 Å². The third-order valence-electron chi connectivity index (χ3n) is 2.96. The minimum absolute atomic E-state index is 0.184. The Morgan fingerprint density at radius 1 is 0.950 bits per heavy atom. The van der Waals surface area contributed by atoms with Crippen molar-refractivity contribution in [1.82, 2.24) is 5.32 Å². The van der Waals surface area contributed by atoms with Crippen LogP contribution in [0.2, 0.25) is 0 Å². The molecule has 0 fully saturated rings. The van der Waals surface area contributed by atoms with Gasteiger partial charge < -0.3 is 10.4 Å². The third kappa shape index (κ3) is 2.69. The van der Waals surface area contributed by atoms with E-state index in [1.807, 2.05) is 6.92 Å². The Kier molecular flexibility index (Phi) is 4.15. The van der Waals surface area contributed by atoms with Crippen molar-refractivity contribution in [3.63, 3.8) is 0 Å². The van der Waals surface area contributed by atoms with Crippen molar-refractivity contribution in [1.29, 1.82) is 0 Å². The van der Waals surface area contributed by atoms with Gasteiger partial charge in [-0.25, -0.2) is 4.79 Å². The average molecular weight is 269 g/mol. The SMILES string of the molecule is CCNC(=O)c1ccccc1-c1ccccc1C(=O)O. The zero-order valence-corrected chi connectivity index (χ0v) is 11.1. The van der Waals surface area contributed by atoms with Crippen LogP contribution in [0.4, 0.5) is 0 Å². The molecule has 0 aliphatic heterocycles. The first-order valence-corrected chi connectivity index (χ1v) is 6.35. The number of carbonyl (C=O) groups is 2. The summed E-state index contributed by atoms with van der Waals surface area (Å²) >= 11 is 0. The molecule has 20 heavy (non-hydrogen) atoms. The Bertz CT molecular complexity index is 650. The second kappa shape index (κ2) is 6.02. The highest BCUT2D eigenvalue weighted by molar-refractivity contribution is 6.04. The van der Waals surface area contributed by atoms with Gasteiger partial charge in [0.2, 0.25) is 0 Å². The minimum Gasteiger partial charge on any atom is -0.478 e. The van der Waals surface area contributed by atoms with Gasteiger partial charge in [0.15, 0.2) is 0 Å². The van der Waals surface area contributed by atoms with Crippen LogP contribution in [-0.4, -0.2) is 23.5 Å². The van der Waals surface area contributed by atoms with E-state index < -0.39 is 5.97 Å². The van der Waals surface area contributed by atoms with Crippen LogP contribution in [0.3, 0.4) is 0 Å². The summed E-state index contributed by atoms with van der Waals surface area (Å²) in [6.45, 7) is 2.36. The van der Waals surface area contributed by atoms with Crippen molar-refractivity contribution in [3.05, 3.63) is 59.7 Å². The van der Waals surface area contributed by atoms with E-state index >= 15 is 0 Å². The number of carboxylic acid groups (broad SMARTS) is 1. The number of nitrogens with one attached hydrogen (secondary N) is 1. The number of rotatable bonds is 4. The monoisotopic (exact) mass is 269 g/mol. The third-order valence-corrected chi connectivity index (χ3v) is 2.96. The van der Waals surface area contributed by atoms with Crippen molar-refractivity contribution >= 4 is 11.9 Å². The summed E-state index contributed by atoms with van der Waals surface area (Å²) in [7, 11) is 0. The highest BCUT2D eigenvalue weighted by atomic mass is 16.4. The Morgan fingerprint density at radius 2 is 1.45 bits per heavy atom. The molecule has 4 heteroatoms. The second-order valence-corrected chi connectivity index (χ2v) is 4.26. The van der Waals surface area contributed by atoms with Gasteiger partial charge in [0.05, 0.1) is 5.56 Å². The first-order valence-electron chi connectivity index (χ1n) is 6.35. The molecule has 0 bridgehead atoms. The van der Waals surface area contributed by atoms with E-state index in [1.54, 1.807) is 42.5 Å². The molecule has 0 aromatic heterocycles. The van der Waals surface area contributed by atoms with Crippen LogP contribution < -0.4 is 5.32 Å². The van der Waals surface area contributed by atoms with Gasteiger partial charge in [0.1, 0.15) is 0 Å². The number of hydrogen-bond donors (Lipinski definition) is 2. The lowest BCUT2D eigenvalue weighted by Crippen LogP contribution is -2.23. The lowest BCUT2D eigenvalue weighted by Gasteiger charge is -2.11. The normalized spacial score (nSPS) is 10.1. The van der Waals surface area contributed by atoms with Gasteiger partial charge in [-0.1, -0.05) is 36.4 Å². The molecule has 2 rings (SSSR count). The maximum Gasteiger partial charge on any atom is 0.336 e. The molecule has 4 nitrogen and oxygen atoms in total. The fourth-order valence-electron chi connectivity index (χ4n) is 2.08. The fourth-order valence-corrected chi connectivity index (χ4v) is 2.08. The van der Waals surface area contributed by atoms with Gasteiger partial charge in [-0.2, -0.15) is 0 Å². The molecule has 0 heterocycles. The standard InChI is InChI=1S/C16H15NO3/c1-2-17-15(18)13-9-5-3-7-11(13)12-8-4-6-10-14(12)16(19)20/h3-10H,2H2,1H3,(H,17,18)(H,19,20). The average Bonchev–Trinajstić information content (AvgIpc) is 2.47. The van der Waals surface area contributed by atoms with Gasteiger partial charge in [0.25, 0.3) is 5.91 Å². The minimum atomic E-state index is -1.01. The molecule has 0 aliphatic rings. The van der Waals surface area contributed by atoms with Gasteiger partial charge in [-0.3, -0.25) is 4.79 Å². The predicted molar refractivity (Wildman–Crippen MR) is 76.8 cm³/mol. The molecule has 0 radical (unpaired) electrons. The molecule has 1 amide bonds. The van der Waals surface area contributed by atoms with Crippen LogP contribution in [0.25, 0.3) is 11.1 Å². The highest BCUT2D eigenvalue weighted by Gasteiger charge is 2.16.